The van der Waals surface area contributed by atoms with E-state index in [9.17, 15) is 5.11 Å². The Labute approximate surface area is 103 Å². The molecule has 3 atom stereocenters. The molecule has 4 heteroatoms. The van der Waals surface area contributed by atoms with Gasteiger partial charge >= 0.3 is 0 Å². The first-order valence-corrected chi connectivity index (χ1v) is 6.96. The Kier molecular flexibility index (Phi) is 3.39. The van der Waals surface area contributed by atoms with Gasteiger partial charge in [0.25, 0.3) is 0 Å². The Morgan fingerprint density at radius 2 is 2.06 bits per heavy atom. The third-order valence-electron chi connectivity index (χ3n) is 4.47. The van der Waals surface area contributed by atoms with E-state index in [1.807, 2.05) is 0 Å². The maximum absolute atomic E-state index is 9.78. The Hall–Kier alpha value is -0.160. The van der Waals surface area contributed by atoms with Gasteiger partial charge in [-0.1, -0.05) is 0 Å². The molecule has 0 amide bonds. The molecule has 1 saturated carbocycles. The molecule has 0 aromatic heterocycles. The maximum Gasteiger partial charge on any atom is 0.0841 e. The smallest absolute Gasteiger partial charge is 0.0841 e. The Morgan fingerprint density at radius 3 is 2.76 bits per heavy atom. The number of aliphatic hydroxyl groups excluding tert-OH is 1. The van der Waals surface area contributed by atoms with Crippen molar-refractivity contribution >= 4 is 0 Å². The maximum atomic E-state index is 9.78. The molecule has 98 valence electrons. The molecule has 3 rings (SSSR count). The van der Waals surface area contributed by atoms with E-state index in [1.165, 1.54) is 0 Å². The van der Waals surface area contributed by atoms with Crippen LogP contribution in [0.3, 0.4) is 0 Å². The fourth-order valence-corrected chi connectivity index (χ4v) is 3.43. The van der Waals surface area contributed by atoms with Crippen molar-refractivity contribution in [2.45, 2.75) is 62.4 Å². The van der Waals surface area contributed by atoms with Gasteiger partial charge in [0.2, 0.25) is 0 Å². The van der Waals surface area contributed by atoms with E-state index in [0.717, 1.165) is 51.6 Å². The average Bonchev–Trinajstić information content (AvgIpc) is 2.90. The van der Waals surface area contributed by atoms with Crippen molar-refractivity contribution in [3.05, 3.63) is 0 Å². The highest BCUT2D eigenvalue weighted by molar-refractivity contribution is 4.94. The lowest BCUT2D eigenvalue weighted by molar-refractivity contribution is -0.0642. The van der Waals surface area contributed by atoms with Gasteiger partial charge in [-0.3, -0.25) is 0 Å². The summed E-state index contributed by atoms with van der Waals surface area (Å²) in [5.41, 5.74) is 0.0689. The second-order valence-electron chi connectivity index (χ2n) is 5.74. The van der Waals surface area contributed by atoms with Crippen LogP contribution in [-0.4, -0.2) is 48.7 Å². The summed E-state index contributed by atoms with van der Waals surface area (Å²) in [5.74, 6) is 0. The lowest BCUT2D eigenvalue weighted by atomic mass is 9.89. The van der Waals surface area contributed by atoms with Crippen LogP contribution >= 0.6 is 0 Å². The quantitative estimate of drug-likeness (QED) is 0.752. The normalized spacial score (nSPS) is 41.1. The van der Waals surface area contributed by atoms with Crippen molar-refractivity contribution in [3.8, 4) is 0 Å². The third kappa shape index (κ3) is 2.50. The highest BCUT2D eigenvalue weighted by Crippen LogP contribution is 2.36. The van der Waals surface area contributed by atoms with Gasteiger partial charge < -0.3 is 19.9 Å². The number of piperidine rings is 1. The number of aliphatic hydroxyl groups is 1. The first-order valence-electron chi connectivity index (χ1n) is 6.96. The molecule has 2 N–H and O–H groups in total. The Bertz CT molecular complexity index is 265. The molecule has 3 aliphatic rings. The van der Waals surface area contributed by atoms with Gasteiger partial charge in [0.1, 0.15) is 0 Å². The number of ether oxygens (including phenoxy) is 2. The van der Waals surface area contributed by atoms with Gasteiger partial charge in [-0.05, 0) is 45.2 Å². The highest BCUT2D eigenvalue weighted by atomic mass is 16.6. The van der Waals surface area contributed by atoms with Gasteiger partial charge in [-0.2, -0.15) is 0 Å². The van der Waals surface area contributed by atoms with Crippen LogP contribution in [0.5, 0.6) is 0 Å². The van der Waals surface area contributed by atoms with Crippen LogP contribution in [0.2, 0.25) is 0 Å². The van der Waals surface area contributed by atoms with E-state index in [0.29, 0.717) is 6.61 Å². The standard InChI is InChI=1S/C13H23NO3/c15-11-2-1-3-12(11)17-10-8-13(16-9-10)4-6-14-7-5-13/h10-12,14-15H,1-9H2. The van der Waals surface area contributed by atoms with Crippen molar-refractivity contribution in [1.82, 2.24) is 5.32 Å². The molecule has 0 radical (unpaired) electrons. The molecular weight excluding hydrogens is 218 g/mol. The van der Waals surface area contributed by atoms with Crippen LogP contribution < -0.4 is 5.32 Å². The fourth-order valence-electron chi connectivity index (χ4n) is 3.43. The lowest BCUT2D eigenvalue weighted by Gasteiger charge is -2.33. The molecule has 2 heterocycles. The van der Waals surface area contributed by atoms with Crippen LogP contribution in [0.4, 0.5) is 0 Å². The molecule has 0 bridgehead atoms. The first kappa shape index (κ1) is 11.9. The number of hydrogen-bond acceptors (Lipinski definition) is 4. The lowest BCUT2D eigenvalue weighted by Crippen LogP contribution is -2.41. The highest BCUT2D eigenvalue weighted by Gasteiger charge is 2.43. The van der Waals surface area contributed by atoms with Crippen molar-refractivity contribution in [3.63, 3.8) is 0 Å². The van der Waals surface area contributed by atoms with Gasteiger partial charge in [0.15, 0.2) is 0 Å². The zero-order chi connectivity index (χ0) is 11.7. The summed E-state index contributed by atoms with van der Waals surface area (Å²) in [5, 5.41) is 13.1. The van der Waals surface area contributed by atoms with Crippen molar-refractivity contribution < 1.29 is 14.6 Å². The van der Waals surface area contributed by atoms with E-state index >= 15 is 0 Å². The summed E-state index contributed by atoms with van der Waals surface area (Å²) in [6.07, 6.45) is 6.21. The van der Waals surface area contributed by atoms with E-state index in [4.69, 9.17) is 9.47 Å². The van der Waals surface area contributed by atoms with Gasteiger partial charge in [0, 0.05) is 6.42 Å². The largest absolute Gasteiger partial charge is 0.390 e. The van der Waals surface area contributed by atoms with Crippen LogP contribution in [-0.2, 0) is 9.47 Å². The minimum absolute atomic E-state index is 0.0560. The van der Waals surface area contributed by atoms with Crippen LogP contribution in [0.25, 0.3) is 0 Å². The summed E-state index contributed by atoms with van der Waals surface area (Å²) in [7, 11) is 0. The van der Waals surface area contributed by atoms with E-state index in [2.05, 4.69) is 5.32 Å². The molecule has 2 aliphatic heterocycles. The first-order chi connectivity index (χ1) is 8.27. The van der Waals surface area contributed by atoms with Crippen molar-refractivity contribution in [1.29, 1.82) is 0 Å². The molecule has 1 spiro atoms. The SMILES string of the molecule is OC1CCCC1OC1COC2(CCNCC2)C1. The molecule has 17 heavy (non-hydrogen) atoms. The fraction of sp³-hybridized carbons (Fsp3) is 1.00. The molecule has 3 unspecified atom stereocenters. The van der Waals surface area contributed by atoms with Gasteiger partial charge in [-0.15, -0.1) is 0 Å². The van der Waals surface area contributed by atoms with E-state index in [1.54, 1.807) is 0 Å². The third-order valence-corrected chi connectivity index (χ3v) is 4.47. The van der Waals surface area contributed by atoms with Gasteiger partial charge in [-0.25, -0.2) is 0 Å². The number of nitrogens with one attached hydrogen (secondary N) is 1. The van der Waals surface area contributed by atoms with E-state index in [-0.39, 0.29) is 23.9 Å². The van der Waals surface area contributed by atoms with Crippen LogP contribution in [0.15, 0.2) is 0 Å². The van der Waals surface area contributed by atoms with Crippen molar-refractivity contribution in [2.24, 2.45) is 0 Å². The molecule has 3 fully saturated rings. The predicted molar refractivity (Wildman–Crippen MR) is 63.9 cm³/mol. The minimum Gasteiger partial charge on any atom is -0.390 e. The molecule has 2 saturated heterocycles. The second-order valence-corrected chi connectivity index (χ2v) is 5.74. The number of hydrogen-bond donors (Lipinski definition) is 2. The van der Waals surface area contributed by atoms with E-state index < -0.39 is 0 Å². The summed E-state index contributed by atoms with van der Waals surface area (Å²) in [6, 6.07) is 0. The van der Waals surface area contributed by atoms with Crippen LogP contribution in [0, 0.1) is 0 Å². The summed E-state index contributed by atoms with van der Waals surface area (Å²) in [4.78, 5) is 0. The molecule has 1 aliphatic carbocycles. The van der Waals surface area contributed by atoms with Crippen LogP contribution in [0.1, 0.15) is 38.5 Å². The zero-order valence-electron chi connectivity index (χ0n) is 10.4. The van der Waals surface area contributed by atoms with Gasteiger partial charge in [0.05, 0.1) is 30.5 Å². The average molecular weight is 241 g/mol. The molecule has 0 aromatic carbocycles. The summed E-state index contributed by atoms with van der Waals surface area (Å²) in [6.45, 7) is 2.82. The summed E-state index contributed by atoms with van der Waals surface area (Å²) < 4.78 is 12.0. The topological polar surface area (TPSA) is 50.7 Å². The zero-order valence-corrected chi connectivity index (χ0v) is 10.4. The van der Waals surface area contributed by atoms with Crippen molar-refractivity contribution in [2.75, 3.05) is 19.7 Å². The minimum atomic E-state index is -0.250. The Morgan fingerprint density at radius 1 is 1.24 bits per heavy atom. The predicted octanol–water partition coefficient (Wildman–Crippen LogP) is 0.827. The second kappa shape index (κ2) is 4.84. The monoisotopic (exact) mass is 241 g/mol. The molecule has 0 aromatic rings. The summed E-state index contributed by atoms with van der Waals surface area (Å²) >= 11 is 0. The Balaban J connectivity index is 1.53. The molecule has 4 nitrogen and oxygen atoms in total. The number of rotatable bonds is 2. The molecular formula is C13H23NO3.